The van der Waals surface area contributed by atoms with Crippen LogP contribution >= 0.6 is 0 Å². The Labute approximate surface area is 388 Å². The summed E-state index contributed by atoms with van der Waals surface area (Å²) in [5.74, 6) is -0.429. The molecule has 0 radical (unpaired) electrons. The number of aliphatic hydroxyl groups is 3. The van der Waals surface area contributed by atoms with Crippen LogP contribution in [-0.4, -0.2) is 97.5 Å². The van der Waals surface area contributed by atoms with Gasteiger partial charge in [-0.05, 0) is 77.0 Å². The SMILES string of the molecule is CC/C=C\C/C=C\C/C=C\CCCCCC(=O)OC(COCCCCCCCCCCCCCC/C=C\C/C=C\CCCCCCC)COC1OC(CO)C(O)C(OS(=O)(=O)O)C1O. The third-order valence-electron chi connectivity index (χ3n) is 11.1. The van der Waals surface area contributed by atoms with Crippen molar-refractivity contribution >= 4 is 16.4 Å². The molecule has 1 rings (SSSR count). The summed E-state index contributed by atoms with van der Waals surface area (Å²) in [6.45, 7) is 3.82. The molecule has 4 N–H and O–H groups in total. The number of allylic oxidation sites excluding steroid dienone is 10. The van der Waals surface area contributed by atoms with Gasteiger partial charge in [-0.2, -0.15) is 8.42 Å². The maximum Gasteiger partial charge on any atom is 0.397 e. The number of ether oxygens (including phenoxy) is 4. The topological polar surface area (TPSA) is 178 Å². The first-order chi connectivity index (χ1) is 31.1. The molecule has 0 amide bonds. The Bertz CT molecular complexity index is 1350. The van der Waals surface area contributed by atoms with E-state index in [2.05, 4.69) is 78.8 Å². The fourth-order valence-electron chi connectivity index (χ4n) is 7.36. The van der Waals surface area contributed by atoms with Crippen LogP contribution in [0.2, 0.25) is 0 Å². The molecule has 0 aromatic carbocycles. The summed E-state index contributed by atoms with van der Waals surface area (Å²) in [6, 6.07) is 0. The minimum Gasteiger partial charge on any atom is -0.457 e. The maximum atomic E-state index is 12.8. The molecule has 1 aliphatic heterocycles. The fourth-order valence-corrected chi connectivity index (χ4v) is 7.87. The van der Waals surface area contributed by atoms with Gasteiger partial charge in [-0.25, -0.2) is 4.18 Å². The summed E-state index contributed by atoms with van der Waals surface area (Å²) in [4.78, 5) is 12.8. The molecule has 6 atom stereocenters. The van der Waals surface area contributed by atoms with Crippen molar-refractivity contribution in [2.75, 3.05) is 26.4 Å². The zero-order valence-corrected chi connectivity index (χ0v) is 40.6. The second-order valence-electron chi connectivity index (χ2n) is 17.0. The van der Waals surface area contributed by atoms with E-state index in [0.29, 0.717) is 13.0 Å². The Morgan fingerprint density at radius 3 is 1.58 bits per heavy atom. The van der Waals surface area contributed by atoms with Crippen LogP contribution in [0.25, 0.3) is 0 Å². The molecule has 12 nitrogen and oxygen atoms in total. The largest absolute Gasteiger partial charge is 0.457 e. The van der Waals surface area contributed by atoms with Crippen LogP contribution in [0.4, 0.5) is 0 Å². The molecule has 1 heterocycles. The molecule has 1 saturated heterocycles. The van der Waals surface area contributed by atoms with E-state index in [1.54, 1.807) is 0 Å². The van der Waals surface area contributed by atoms with Gasteiger partial charge in [0.2, 0.25) is 0 Å². The van der Waals surface area contributed by atoms with E-state index in [0.717, 1.165) is 64.2 Å². The van der Waals surface area contributed by atoms with Gasteiger partial charge in [0.15, 0.2) is 6.29 Å². The predicted octanol–water partition coefficient (Wildman–Crippen LogP) is 11.3. The molecule has 6 unspecified atom stereocenters. The van der Waals surface area contributed by atoms with Crippen LogP contribution in [0.1, 0.15) is 194 Å². The molecule has 0 aliphatic carbocycles. The van der Waals surface area contributed by atoms with Crippen molar-refractivity contribution in [1.29, 1.82) is 0 Å². The van der Waals surface area contributed by atoms with E-state index in [4.69, 9.17) is 18.9 Å². The van der Waals surface area contributed by atoms with Crippen LogP contribution in [0.15, 0.2) is 60.8 Å². The smallest absolute Gasteiger partial charge is 0.397 e. The van der Waals surface area contributed by atoms with Crippen LogP contribution in [0.3, 0.4) is 0 Å². The first-order valence-electron chi connectivity index (χ1n) is 25.0. The van der Waals surface area contributed by atoms with Gasteiger partial charge in [-0.15, -0.1) is 0 Å². The number of hydrogen-bond donors (Lipinski definition) is 4. The molecule has 372 valence electrons. The second kappa shape index (κ2) is 42.2. The van der Waals surface area contributed by atoms with Gasteiger partial charge in [-0.3, -0.25) is 9.35 Å². The molecular formula is C51H90O12S. The average molecular weight is 927 g/mol. The van der Waals surface area contributed by atoms with Crippen LogP contribution in [0, 0.1) is 0 Å². The number of rotatable bonds is 43. The third kappa shape index (κ3) is 35.1. The van der Waals surface area contributed by atoms with Crippen molar-refractivity contribution in [3.63, 3.8) is 0 Å². The summed E-state index contributed by atoms with van der Waals surface area (Å²) in [5.41, 5.74) is 0. The summed E-state index contributed by atoms with van der Waals surface area (Å²) in [7, 11) is -5.07. The Kier molecular flexibility index (Phi) is 39.4. The third-order valence-corrected chi connectivity index (χ3v) is 11.6. The quantitative estimate of drug-likeness (QED) is 0.0197. The molecule has 0 aromatic rings. The lowest BCUT2D eigenvalue weighted by Gasteiger charge is -2.41. The van der Waals surface area contributed by atoms with E-state index >= 15 is 0 Å². The van der Waals surface area contributed by atoms with Crippen LogP contribution in [0.5, 0.6) is 0 Å². The number of carbonyl (C=O) groups excluding carboxylic acids is 1. The summed E-state index contributed by atoms with van der Waals surface area (Å²) in [6.07, 6.45) is 44.1. The number of aliphatic hydroxyl groups excluding tert-OH is 3. The van der Waals surface area contributed by atoms with Gasteiger partial charge in [0.1, 0.15) is 30.5 Å². The summed E-state index contributed by atoms with van der Waals surface area (Å²) < 4.78 is 59.1. The van der Waals surface area contributed by atoms with Crippen molar-refractivity contribution in [1.82, 2.24) is 0 Å². The van der Waals surface area contributed by atoms with Gasteiger partial charge in [-0.1, -0.05) is 171 Å². The zero-order chi connectivity index (χ0) is 46.8. The molecule has 64 heavy (non-hydrogen) atoms. The van der Waals surface area contributed by atoms with Crippen molar-refractivity contribution in [2.45, 2.75) is 230 Å². The van der Waals surface area contributed by atoms with Crippen molar-refractivity contribution < 1.29 is 56.2 Å². The fraction of sp³-hybridized carbons (Fsp3) is 0.784. The van der Waals surface area contributed by atoms with Crippen LogP contribution < -0.4 is 0 Å². The van der Waals surface area contributed by atoms with E-state index in [-0.39, 0.29) is 19.6 Å². The molecule has 13 heteroatoms. The predicted molar refractivity (Wildman–Crippen MR) is 257 cm³/mol. The molecule has 0 spiro atoms. The highest BCUT2D eigenvalue weighted by Gasteiger charge is 2.48. The van der Waals surface area contributed by atoms with Gasteiger partial charge in [0, 0.05) is 13.0 Å². The monoisotopic (exact) mass is 927 g/mol. The molecule has 1 fully saturated rings. The van der Waals surface area contributed by atoms with E-state index < -0.39 is 59.8 Å². The molecule has 1 aliphatic rings. The Hall–Kier alpha value is -2.20. The molecule has 0 saturated carbocycles. The van der Waals surface area contributed by atoms with Gasteiger partial charge < -0.3 is 34.3 Å². The zero-order valence-electron chi connectivity index (χ0n) is 39.8. The Balaban J connectivity index is 2.34. The van der Waals surface area contributed by atoms with Gasteiger partial charge >= 0.3 is 16.4 Å². The van der Waals surface area contributed by atoms with Gasteiger partial charge in [0.25, 0.3) is 0 Å². The van der Waals surface area contributed by atoms with Crippen molar-refractivity contribution in [2.24, 2.45) is 0 Å². The van der Waals surface area contributed by atoms with Crippen molar-refractivity contribution in [3.05, 3.63) is 60.8 Å². The van der Waals surface area contributed by atoms with E-state index in [1.807, 2.05) is 0 Å². The lowest BCUT2D eigenvalue weighted by Crippen LogP contribution is -2.60. The minimum absolute atomic E-state index is 0.0212. The van der Waals surface area contributed by atoms with Gasteiger partial charge in [0.05, 0.1) is 19.8 Å². The summed E-state index contributed by atoms with van der Waals surface area (Å²) >= 11 is 0. The lowest BCUT2D eigenvalue weighted by molar-refractivity contribution is -0.301. The Morgan fingerprint density at radius 1 is 0.609 bits per heavy atom. The van der Waals surface area contributed by atoms with E-state index in [1.165, 1.54) is 103 Å². The molecule has 0 bridgehead atoms. The Morgan fingerprint density at radius 2 is 1.08 bits per heavy atom. The van der Waals surface area contributed by atoms with Crippen molar-refractivity contribution in [3.8, 4) is 0 Å². The first kappa shape index (κ1) is 59.8. The first-order valence-corrected chi connectivity index (χ1v) is 26.4. The summed E-state index contributed by atoms with van der Waals surface area (Å²) in [5, 5.41) is 30.7. The normalized spacial score (nSPS) is 20.2. The minimum atomic E-state index is -5.07. The maximum absolute atomic E-state index is 12.8. The standard InChI is InChI=1S/C51H90O12S/c1-3-5-7-9-11-13-15-17-18-19-20-21-22-23-24-25-26-27-29-31-33-35-37-39-41-59-43-45(44-60-51-49(55)50(63-64(56,57)58)48(54)46(42-52)62-51)61-47(53)40-38-36-34-32-30-28-16-14-12-10-8-6-4-2/h6,8,12,14-15,17,19-20,28,30,45-46,48-52,54-55H,3-5,7,9-11,13,16,18,21-27,29,31-44H2,1-2H3,(H,56,57,58)/b8-6-,14-12-,17-15-,20-19-,30-28-. The number of hydrogen-bond acceptors (Lipinski definition) is 11. The average Bonchev–Trinajstić information content (AvgIpc) is 3.27. The number of unbranched alkanes of at least 4 members (excludes halogenated alkanes) is 20. The number of carbonyl (C=O) groups is 1. The molecule has 0 aromatic heterocycles. The highest BCUT2D eigenvalue weighted by molar-refractivity contribution is 7.80. The lowest BCUT2D eigenvalue weighted by atomic mass is 9.99. The van der Waals surface area contributed by atoms with Crippen LogP contribution in [-0.2, 0) is 38.3 Å². The highest BCUT2D eigenvalue weighted by Crippen LogP contribution is 2.26. The molecular weight excluding hydrogens is 837 g/mol. The second-order valence-corrected chi connectivity index (χ2v) is 18.1. The highest BCUT2D eigenvalue weighted by atomic mass is 32.3. The van der Waals surface area contributed by atoms with E-state index in [9.17, 15) is 33.1 Å². The number of esters is 1.